The summed E-state index contributed by atoms with van der Waals surface area (Å²) in [6.07, 6.45) is -0.646. The summed E-state index contributed by atoms with van der Waals surface area (Å²) in [5.41, 5.74) is -0.840. The minimum Gasteiger partial charge on any atom is -0.459 e. The molecule has 0 saturated carbocycles. The maximum atomic E-state index is 16.0. The van der Waals surface area contributed by atoms with Crippen LogP contribution in [0.2, 0.25) is 5.15 Å². The number of rotatable bonds is 7. The van der Waals surface area contributed by atoms with Gasteiger partial charge < -0.3 is 9.47 Å². The standard InChI is InChI=1S/C24H25ClFN5O4/c1-13(2)21(32)30-23-28-19(25)18-20(29-23)31(12-27-18)17-10-24(26,14(3)4)16(35-17)11-34-22(33)15-8-6-5-7-9-15/h5-9,12-13,16-17H,3,10-11H2,1-2,4H3,(H,28,29,30,32)/t16-,17-,24?/m1/s1. The van der Waals surface area contributed by atoms with Crippen molar-refractivity contribution in [3.05, 3.63) is 59.5 Å². The summed E-state index contributed by atoms with van der Waals surface area (Å²) < 4.78 is 28.9. The summed E-state index contributed by atoms with van der Waals surface area (Å²) in [6, 6.07) is 8.42. The van der Waals surface area contributed by atoms with Gasteiger partial charge in [-0.2, -0.15) is 9.97 Å². The van der Waals surface area contributed by atoms with Gasteiger partial charge in [0.2, 0.25) is 11.9 Å². The van der Waals surface area contributed by atoms with Gasteiger partial charge in [-0.3, -0.25) is 14.7 Å². The van der Waals surface area contributed by atoms with Crippen LogP contribution in [0.3, 0.4) is 0 Å². The number of halogens is 2. The number of benzene rings is 1. The number of nitrogens with one attached hydrogen (secondary N) is 1. The quantitative estimate of drug-likeness (QED) is 0.288. The van der Waals surface area contributed by atoms with E-state index in [1.165, 1.54) is 10.9 Å². The average Bonchev–Trinajstić information content (AvgIpc) is 3.40. The fourth-order valence-electron chi connectivity index (χ4n) is 3.73. The first-order valence-corrected chi connectivity index (χ1v) is 11.4. The summed E-state index contributed by atoms with van der Waals surface area (Å²) in [5, 5.41) is 2.63. The molecule has 1 aliphatic heterocycles. The zero-order chi connectivity index (χ0) is 25.3. The van der Waals surface area contributed by atoms with E-state index in [4.69, 9.17) is 21.1 Å². The molecule has 9 nitrogen and oxygen atoms in total. The van der Waals surface area contributed by atoms with Crippen LogP contribution < -0.4 is 5.32 Å². The van der Waals surface area contributed by atoms with E-state index in [9.17, 15) is 9.59 Å². The van der Waals surface area contributed by atoms with E-state index in [1.54, 1.807) is 51.1 Å². The minimum absolute atomic E-state index is 0.000649. The molecular weight excluding hydrogens is 477 g/mol. The fraction of sp³-hybridized carbons (Fsp3) is 0.375. The molecule has 1 aliphatic rings. The topological polar surface area (TPSA) is 108 Å². The van der Waals surface area contributed by atoms with E-state index in [2.05, 4.69) is 26.8 Å². The first-order chi connectivity index (χ1) is 16.6. The largest absolute Gasteiger partial charge is 0.459 e. The van der Waals surface area contributed by atoms with Crippen LogP contribution in [0, 0.1) is 5.92 Å². The summed E-state index contributed by atoms with van der Waals surface area (Å²) in [4.78, 5) is 37.1. The van der Waals surface area contributed by atoms with Gasteiger partial charge in [0, 0.05) is 12.3 Å². The molecule has 0 spiro atoms. The van der Waals surface area contributed by atoms with Crippen LogP contribution in [0.15, 0.2) is 48.8 Å². The van der Waals surface area contributed by atoms with Crippen LogP contribution in [-0.2, 0) is 14.3 Å². The van der Waals surface area contributed by atoms with Crippen LogP contribution >= 0.6 is 11.6 Å². The van der Waals surface area contributed by atoms with Gasteiger partial charge in [-0.15, -0.1) is 0 Å². The molecule has 4 rings (SSSR count). The molecule has 1 aromatic carbocycles. The summed E-state index contributed by atoms with van der Waals surface area (Å²) >= 11 is 6.26. The van der Waals surface area contributed by atoms with Crippen molar-refractivity contribution < 1.29 is 23.5 Å². The van der Waals surface area contributed by atoms with Gasteiger partial charge in [0.05, 0.1) is 11.9 Å². The van der Waals surface area contributed by atoms with Crippen LogP contribution in [-0.4, -0.2) is 49.8 Å². The summed E-state index contributed by atoms with van der Waals surface area (Å²) in [6.45, 7) is 8.49. The molecule has 3 aromatic rings. The average molecular weight is 502 g/mol. The van der Waals surface area contributed by atoms with Crippen molar-refractivity contribution in [1.29, 1.82) is 0 Å². The second-order valence-electron chi connectivity index (χ2n) is 8.70. The van der Waals surface area contributed by atoms with Crippen LogP contribution in [0.5, 0.6) is 0 Å². The first-order valence-electron chi connectivity index (χ1n) is 11.0. The van der Waals surface area contributed by atoms with Crippen molar-refractivity contribution in [2.24, 2.45) is 5.92 Å². The van der Waals surface area contributed by atoms with Gasteiger partial charge in [0.25, 0.3) is 0 Å². The van der Waals surface area contributed by atoms with Gasteiger partial charge in [0.1, 0.15) is 24.5 Å². The molecule has 3 atom stereocenters. The van der Waals surface area contributed by atoms with E-state index in [0.717, 1.165) is 0 Å². The molecule has 0 aliphatic carbocycles. The van der Waals surface area contributed by atoms with E-state index in [0.29, 0.717) is 5.56 Å². The summed E-state index contributed by atoms with van der Waals surface area (Å²) in [5.74, 6) is -1.16. The van der Waals surface area contributed by atoms with Gasteiger partial charge in [0.15, 0.2) is 16.5 Å². The van der Waals surface area contributed by atoms with Gasteiger partial charge in [-0.1, -0.05) is 50.2 Å². The van der Waals surface area contributed by atoms with Crippen molar-refractivity contribution in [3.8, 4) is 0 Å². The van der Waals surface area contributed by atoms with E-state index >= 15 is 4.39 Å². The molecule has 35 heavy (non-hydrogen) atoms. The highest BCUT2D eigenvalue weighted by Gasteiger charge is 2.51. The Balaban J connectivity index is 1.59. The molecule has 0 radical (unpaired) electrons. The number of fused-ring (bicyclic) bond motifs is 1. The van der Waals surface area contributed by atoms with Crippen molar-refractivity contribution in [2.45, 2.75) is 45.2 Å². The number of alkyl halides is 1. The first kappa shape index (κ1) is 24.7. The Kier molecular flexibility index (Phi) is 6.86. The SMILES string of the molecule is C=C(C)C1(F)C[C@H](n2cnc3c(Cl)nc(NC(=O)C(C)C)nc32)O[C@@H]1COC(=O)c1ccccc1. The van der Waals surface area contributed by atoms with Crippen LogP contribution in [0.4, 0.5) is 10.3 Å². The number of hydrogen-bond donors (Lipinski definition) is 1. The lowest BCUT2D eigenvalue weighted by molar-refractivity contribution is -0.118. The van der Waals surface area contributed by atoms with Gasteiger partial charge >= 0.3 is 5.97 Å². The summed E-state index contributed by atoms with van der Waals surface area (Å²) in [7, 11) is 0. The van der Waals surface area contributed by atoms with Gasteiger partial charge in [-0.25, -0.2) is 14.2 Å². The predicted molar refractivity (Wildman–Crippen MR) is 128 cm³/mol. The molecule has 1 saturated heterocycles. The monoisotopic (exact) mass is 501 g/mol. The maximum Gasteiger partial charge on any atom is 0.338 e. The lowest BCUT2D eigenvalue weighted by atomic mass is 9.90. The number of esters is 1. The number of amides is 1. The molecular formula is C24H25ClFN5O4. The normalized spacial score (nSPS) is 21.9. The van der Waals surface area contributed by atoms with Crippen LogP contribution in [0.25, 0.3) is 11.2 Å². The Bertz CT molecular complexity index is 1280. The fourth-order valence-corrected chi connectivity index (χ4v) is 3.94. The zero-order valence-corrected chi connectivity index (χ0v) is 20.3. The second kappa shape index (κ2) is 9.71. The minimum atomic E-state index is -1.97. The number of imidazole rings is 1. The predicted octanol–water partition coefficient (Wildman–Crippen LogP) is 4.50. The lowest BCUT2D eigenvalue weighted by Crippen LogP contribution is -2.38. The van der Waals surface area contributed by atoms with Crippen LogP contribution in [0.1, 0.15) is 43.8 Å². The Labute approximate surface area is 206 Å². The van der Waals surface area contributed by atoms with E-state index in [-0.39, 0.29) is 52.7 Å². The van der Waals surface area contributed by atoms with Gasteiger partial charge in [-0.05, 0) is 24.6 Å². The highest BCUT2D eigenvalue weighted by molar-refractivity contribution is 6.33. The molecule has 2 aromatic heterocycles. The molecule has 0 bridgehead atoms. The number of nitrogens with zero attached hydrogens (tertiary/aromatic N) is 4. The third kappa shape index (κ3) is 4.89. The molecule has 11 heteroatoms. The van der Waals surface area contributed by atoms with Crippen molar-refractivity contribution in [3.63, 3.8) is 0 Å². The highest BCUT2D eigenvalue weighted by atomic mass is 35.5. The number of anilines is 1. The lowest BCUT2D eigenvalue weighted by Gasteiger charge is -2.25. The second-order valence-corrected chi connectivity index (χ2v) is 9.05. The number of hydrogen-bond acceptors (Lipinski definition) is 7. The third-order valence-corrected chi connectivity index (χ3v) is 6.10. The zero-order valence-electron chi connectivity index (χ0n) is 19.5. The Hall–Kier alpha value is -3.37. The Morgan fingerprint density at radius 3 is 2.71 bits per heavy atom. The Morgan fingerprint density at radius 2 is 2.06 bits per heavy atom. The van der Waals surface area contributed by atoms with E-state index in [1.807, 2.05) is 0 Å². The van der Waals surface area contributed by atoms with Crippen molar-refractivity contribution in [2.75, 3.05) is 11.9 Å². The van der Waals surface area contributed by atoms with Crippen molar-refractivity contribution >= 4 is 40.6 Å². The highest BCUT2D eigenvalue weighted by Crippen LogP contribution is 2.45. The molecule has 3 heterocycles. The number of carbonyl (C=O) groups excluding carboxylic acids is 2. The van der Waals surface area contributed by atoms with E-state index < -0.39 is 24.0 Å². The molecule has 184 valence electrons. The maximum absolute atomic E-state index is 16.0. The smallest absolute Gasteiger partial charge is 0.338 e. The molecule has 1 amide bonds. The molecule has 1 unspecified atom stereocenters. The Morgan fingerprint density at radius 1 is 1.34 bits per heavy atom. The third-order valence-electron chi connectivity index (χ3n) is 5.84. The molecule has 1 N–H and O–H groups in total. The molecule has 1 fully saturated rings. The number of ether oxygens (including phenoxy) is 2. The number of aromatic nitrogens is 4. The number of carbonyl (C=O) groups is 2. The van der Waals surface area contributed by atoms with Crippen molar-refractivity contribution in [1.82, 2.24) is 19.5 Å².